The van der Waals surface area contributed by atoms with Gasteiger partial charge in [0.2, 0.25) is 5.91 Å². The maximum atomic E-state index is 11.4. The molecular formula is C15H22BrNO3. The van der Waals surface area contributed by atoms with Gasteiger partial charge in [0.05, 0.1) is 11.6 Å². The Morgan fingerprint density at radius 2 is 2.25 bits per heavy atom. The zero-order valence-electron chi connectivity index (χ0n) is 12.0. The molecule has 0 spiro atoms. The van der Waals surface area contributed by atoms with Crippen LogP contribution in [0.4, 0.5) is 0 Å². The Morgan fingerprint density at radius 3 is 2.80 bits per heavy atom. The van der Waals surface area contributed by atoms with Crippen molar-refractivity contribution in [1.29, 1.82) is 0 Å². The average molecular weight is 344 g/mol. The molecule has 0 unspecified atom stereocenters. The van der Waals surface area contributed by atoms with Crippen LogP contribution in [0.5, 0.6) is 5.75 Å². The molecule has 1 amide bonds. The van der Waals surface area contributed by atoms with Crippen molar-refractivity contribution in [3.05, 3.63) is 28.2 Å². The van der Waals surface area contributed by atoms with Gasteiger partial charge < -0.3 is 15.2 Å². The third-order valence-corrected chi connectivity index (χ3v) is 3.68. The van der Waals surface area contributed by atoms with E-state index in [2.05, 4.69) is 21.2 Å². The summed E-state index contributed by atoms with van der Waals surface area (Å²) >= 11 is 3.44. The lowest BCUT2D eigenvalue weighted by Gasteiger charge is -2.16. The summed E-state index contributed by atoms with van der Waals surface area (Å²) in [5, 5.41) is 12.3. The molecule has 1 rings (SSSR count). The number of aliphatic hydroxyl groups is 1. The van der Waals surface area contributed by atoms with E-state index < -0.39 is 0 Å². The Hall–Kier alpha value is -1.07. The van der Waals surface area contributed by atoms with Crippen LogP contribution in [0, 0.1) is 5.92 Å². The lowest BCUT2D eigenvalue weighted by molar-refractivity contribution is -0.121. The van der Waals surface area contributed by atoms with Crippen molar-refractivity contribution in [1.82, 2.24) is 5.32 Å². The molecule has 1 atom stereocenters. The van der Waals surface area contributed by atoms with E-state index in [4.69, 9.17) is 4.74 Å². The third-order valence-electron chi connectivity index (χ3n) is 3.06. The number of halogens is 1. The number of amides is 1. The highest BCUT2D eigenvalue weighted by atomic mass is 79.9. The SMILES string of the molecule is CCCC(=O)NC[C@@H](CO)Cc1ccc(OC)c(Br)c1. The molecule has 4 nitrogen and oxygen atoms in total. The number of hydrogen-bond donors (Lipinski definition) is 2. The number of nitrogens with one attached hydrogen (secondary N) is 1. The zero-order chi connectivity index (χ0) is 15.0. The summed E-state index contributed by atoms with van der Waals surface area (Å²) < 4.78 is 6.08. The molecule has 1 aromatic rings. The van der Waals surface area contributed by atoms with E-state index in [1.54, 1.807) is 7.11 Å². The van der Waals surface area contributed by atoms with Crippen LogP contribution >= 0.6 is 15.9 Å². The number of rotatable bonds is 8. The molecule has 5 heteroatoms. The topological polar surface area (TPSA) is 58.6 Å². The first-order valence-corrected chi connectivity index (χ1v) is 7.60. The Kier molecular flexibility index (Phi) is 7.62. The van der Waals surface area contributed by atoms with Crippen LogP contribution in [-0.2, 0) is 11.2 Å². The standard InChI is InChI=1S/C15H22BrNO3/c1-3-4-15(19)17-9-12(10-18)7-11-5-6-14(20-2)13(16)8-11/h5-6,8,12,18H,3-4,7,9-10H2,1-2H3,(H,17,19)/t12-/m0/s1. The summed E-state index contributed by atoms with van der Waals surface area (Å²) in [5.41, 5.74) is 1.10. The van der Waals surface area contributed by atoms with Gasteiger partial charge in [-0.05, 0) is 46.5 Å². The largest absolute Gasteiger partial charge is 0.496 e. The number of carbonyl (C=O) groups is 1. The third kappa shape index (κ3) is 5.51. The van der Waals surface area contributed by atoms with E-state index >= 15 is 0 Å². The van der Waals surface area contributed by atoms with E-state index in [9.17, 15) is 9.90 Å². The molecule has 0 aromatic heterocycles. The quantitative estimate of drug-likeness (QED) is 0.762. The molecule has 0 radical (unpaired) electrons. The van der Waals surface area contributed by atoms with Gasteiger partial charge in [0.1, 0.15) is 5.75 Å². The van der Waals surface area contributed by atoms with Gasteiger partial charge in [0.25, 0.3) is 0 Å². The fourth-order valence-corrected chi connectivity index (χ4v) is 2.53. The summed E-state index contributed by atoms with van der Waals surface area (Å²) in [6, 6.07) is 5.85. The van der Waals surface area contributed by atoms with Crippen molar-refractivity contribution in [2.24, 2.45) is 5.92 Å². The molecule has 1 aromatic carbocycles. The van der Waals surface area contributed by atoms with Gasteiger partial charge in [-0.25, -0.2) is 0 Å². The van der Waals surface area contributed by atoms with Gasteiger partial charge >= 0.3 is 0 Å². The molecule has 0 heterocycles. The molecule has 0 aliphatic carbocycles. The smallest absolute Gasteiger partial charge is 0.219 e. The number of aliphatic hydroxyl groups excluding tert-OH is 1. The molecule has 0 bridgehead atoms. The lowest BCUT2D eigenvalue weighted by atomic mass is 10.00. The van der Waals surface area contributed by atoms with E-state index in [1.807, 2.05) is 25.1 Å². The Morgan fingerprint density at radius 1 is 1.50 bits per heavy atom. The normalized spacial score (nSPS) is 12.0. The van der Waals surface area contributed by atoms with Crippen molar-refractivity contribution in [3.63, 3.8) is 0 Å². The number of ether oxygens (including phenoxy) is 1. The monoisotopic (exact) mass is 343 g/mol. The molecule has 0 aliphatic rings. The Bertz CT molecular complexity index is 437. The van der Waals surface area contributed by atoms with Gasteiger partial charge in [-0.15, -0.1) is 0 Å². The molecule has 0 saturated heterocycles. The highest BCUT2D eigenvalue weighted by Crippen LogP contribution is 2.26. The molecule has 2 N–H and O–H groups in total. The summed E-state index contributed by atoms with van der Waals surface area (Å²) in [7, 11) is 1.62. The van der Waals surface area contributed by atoms with Crippen molar-refractivity contribution >= 4 is 21.8 Å². The number of methoxy groups -OCH3 is 1. The van der Waals surface area contributed by atoms with E-state index in [0.717, 1.165) is 22.2 Å². The van der Waals surface area contributed by atoms with Gasteiger partial charge in [0.15, 0.2) is 0 Å². The highest BCUT2D eigenvalue weighted by Gasteiger charge is 2.11. The summed E-state index contributed by atoms with van der Waals surface area (Å²) in [6.45, 7) is 2.52. The van der Waals surface area contributed by atoms with Gasteiger partial charge in [-0.1, -0.05) is 13.0 Å². The number of hydrogen-bond acceptors (Lipinski definition) is 3. The van der Waals surface area contributed by atoms with E-state index in [0.29, 0.717) is 19.4 Å². The van der Waals surface area contributed by atoms with Crippen molar-refractivity contribution in [2.75, 3.05) is 20.3 Å². The second-order valence-corrected chi connectivity index (χ2v) is 5.63. The Labute approximate surface area is 128 Å². The van der Waals surface area contributed by atoms with Gasteiger partial charge in [0, 0.05) is 25.5 Å². The summed E-state index contributed by atoms with van der Waals surface area (Å²) in [5.74, 6) is 0.850. The minimum Gasteiger partial charge on any atom is -0.496 e. The minimum absolute atomic E-state index is 0.0242. The maximum absolute atomic E-state index is 11.4. The predicted molar refractivity (Wildman–Crippen MR) is 82.9 cm³/mol. The molecule has 20 heavy (non-hydrogen) atoms. The average Bonchev–Trinajstić information content (AvgIpc) is 2.44. The van der Waals surface area contributed by atoms with Crippen LogP contribution in [0.1, 0.15) is 25.3 Å². The predicted octanol–water partition coefficient (Wildman–Crippen LogP) is 2.53. The van der Waals surface area contributed by atoms with Crippen LogP contribution in [0.15, 0.2) is 22.7 Å². The molecule has 0 aliphatic heterocycles. The van der Waals surface area contributed by atoms with E-state index in [1.165, 1.54) is 0 Å². The van der Waals surface area contributed by atoms with Gasteiger partial charge in [-0.2, -0.15) is 0 Å². The second kappa shape index (κ2) is 8.97. The van der Waals surface area contributed by atoms with Crippen LogP contribution < -0.4 is 10.1 Å². The molecule has 0 fully saturated rings. The van der Waals surface area contributed by atoms with Crippen LogP contribution in [0.2, 0.25) is 0 Å². The fraction of sp³-hybridized carbons (Fsp3) is 0.533. The zero-order valence-corrected chi connectivity index (χ0v) is 13.6. The first kappa shape index (κ1) is 17.0. The van der Waals surface area contributed by atoms with Crippen molar-refractivity contribution < 1.29 is 14.6 Å². The maximum Gasteiger partial charge on any atom is 0.219 e. The number of carbonyl (C=O) groups excluding carboxylic acids is 1. The van der Waals surface area contributed by atoms with E-state index in [-0.39, 0.29) is 18.4 Å². The van der Waals surface area contributed by atoms with Gasteiger partial charge in [-0.3, -0.25) is 4.79 Å². The van der Waals surface area contributed by atoms with Crippen molar-refractivity contribution in [2.45, 2.75) is 26.2 Å². The summed E-state index contributed by atoms with van der Waals surface area (Å²) in [6.07, 6.45) is 2.08. The van der Waals surface area contributed by atoms with Crippen LogP contribution in [0.3, 0.4) is 0 Å². The molecule has 0 saturated carbocycles. The fourth-order valence-electron chi connectivity index (χ4n) is 1.95. The first-order valence-electron chi connectivity index (χ1n) is 6.80. The minimum atomic E-state index is 0.0242. The molecular weight excluding hydrogens is 322 g/mol. The Balaban J connectivity index is 2.55. The number of benzene rings is 1. The lowest BCUT2D eigenvalue weighted by Crippen LogP contribution is -2.31. The highest BCUT2D eigenvalue weighted by molar-refractivity contribution is 9.10. The van der Waals surface area contributed by atoms with Crippen LogP contribution in [0.25, 0.3) is 0 Å². The first-order chi connectivity index (χ1) is 9.60. The van der Waals surface area contributed by atoms with Crippen LogP contribution in [-0.4, -0.2) is 31.3 Å². The second-order valence-electron chi connectivity index (χ2n) is 4.78. The van der Waals surface area contributed by atoms with Crippen molar-refractivity contribution in [3.8, 4) is 5.75 Å². The molecule has 112 valence electrons. The summed E-state index contributed by atoms with van der Waals surface area (Å²) in [4.78, 5) is 11.4.